The number of carboxylic acid groups (broad SMARTS) is 1. The highest BCUT2D eigenvalue weighted by molar-refractivity contribution is 7.11. The molecule has 1 aromatic heterocycles. The molecular weight excluding hydrogens is 228 g/mol. The highest BCUT2D eigenvalue weighted by Crippen LogP contribution is 2.11. The van der Waals surface area contributed by atoms with E-state index in [0.29, 0.717) is 13.1 Å². The van der Waals surface area contributed by atoms with Gasteiger partial charge in [-0.15, -0.1) is 11.3 Å². The minimum Gasteiger partial charge on any atom is -0.476 e. The summed E-state index contributed by atoms with van der Waals surface area (Å²) in [7, 11) is 0. The zero-order valence-corrected chi connectivity index (χ0v) is 10.0. The smallest absolute Gasteiger partial charge is 0.365 e. The molecule has 1 aromatic rings. The average Bonchev–Trinajstić information content (AvgIpc) is 2.67. The van der Waals surface area contributed by atoms with Gasteiger partial charge in [-0.2, -0.15) is 0 Å². The van der Waals surface area contributed by atoms with Crippen molar-refractivity contribution >= 4 is 17.3 Å². The van der Waals surface area contributed by atoms with Gasteiger partial charge in [-0.25, -0.2) is 9.78 Å². The Morgan fingerprint density at radius 1 is 1.56 bits per heavy atom. The van der Waals surface area contributed by atoms with Gasteiger partial charge in [0.2, 0.25) is 5.01 Å². The summed E-state index contributed by atoms with van der Waals surface area (Å²) in [5.41, 5.74) is 0.754. The number of carboxylic acids is 1. The summed E-state index contributed by atoms with van der Waals surface area (Å²) in [6.07, 6.45) is 0.996. The quantitative estimate of drug-likeness (QED) is 0.750. The Bertz CT molecular complexity index is 335. The third-order valence-corrected chi connectivity index (χ3v) is 2.96. The molecule has 0 saturated carbocycles. The van der Waals surface area contributed by atoms with Crippen LogP contribution in [0.15, 0.2) is 5.38 Å². The zero-order valence-electron chi connectivity index (χ0n) is 9.22. The minimum atomic E-state index is -0.986. The van der Waals surface area contributed by atoms with E-state index in [-0.39, 0.29) is 11.6 Å². The minimum absolute atomic E-state index is 0.107. The van der Waals surface area contributed by atoms with Crippen LogP contribution in [0.2, 0.25) is 0 Å². The van der Waals surface area contributed by atoms with Gasteiger partial charge in [0.25, 0.3) is 0 Å². The van der Waals surface area contributed by atoms with Crippen LogP contribution in [0.25, 0.3) is 0 Å². The van der Waals surface area contributed by atoms with E-state index >= 15 is 0 Å². The maximum absolute atomic E-state index is 10.6. The predicted molar refractivity (Wildman–Crippen MR) is 61.7 cm³/mol. The maximum Gasteiger partial charge on any atom is 0.365 e. The van der Waals surface area contributed by atoms with Crippen LogP contribution < -0.4 is 0 Å². The van der Waals surface area contributed by atoms with E-state index < -0.39 is 5.97 Å². The lowest BCUT2D eigenvalue weighted by atomic mass is 10.3. The van der Waals surface area contributed by atoms with Crippen LogP contribution in [0.5, 0.6) is 0 Å². The number of aliphatic hydroxyl groups excluding tert-OH is 1. The summed E-state index contributed by atoms with van der Waals surface area (Å²) in [5.74, 6) is -0.986. The molecule has 5 nitrogen and oxygen atoms in total. The fraction of sp³-hybridized carbons (Fsp3) is 0.600. The van der Waals surface area contributed by atoms with Gasteiger partial charge in [0.15, 0.2) is 0 Å². The third kappa shape index (κ3) is 3.88. The fourth-order valence-corrected chi connectivity index (χ4v) is 2.08. The molecule has 0 fully saturated rings. The monoisotopic (exact) mass is 244 g/mol. The number of hydrogen-bond donors (Lipinski definition) is 2. The SMILES string of the molecule is CCCN(CCO)Cc1csc(C(=O)O)n1. The van der Waals surface area contributed by atoms with Gasteiger partial charge in [0.1, 0.15) is 0 Å². The Kier molecular flexibility index (Phi) is 5.37. The van der Waals surface area contributed by atoms with Crippen LogP contribution in [-0.4, -0.2) is 45.8 Å². The normalized spacial score (nSPS) is 10.9. The molecule has 0 unspecified atom stereocenters. The summed E-state index contributed by atoms with van der Waals surface area (Å²) in [6.45, 7) is 4.23. The molecule has 6 heteroatoms. The number of thiazole rings is 1. The lowest BCUT2D eigenvalue weighted by molar-refractivity contribution is 0.0696. The Morgan fingerprint density at radius 2 is 2.31 bits per heavy atom. The molecule has 16 heavy (non-hydrogen) atoms. The van der Waals surface area contributed by atoms with Crippen molar-refractivity contribution in [2.75, 3.05) is 19.7 Å². The first-order valence-electron chi connectivity index (χ1n) is 5.18. The van der Waals surface area contributed by atoms with Crippen molar-refractivity contribution in [2.45, 2.75) is 19.9 Å². The van der Waals surface area contributed by atoms with Gasteiger partial charge < -0.3 is 10.2 Å². The third-order valence-electron chi connectivity index (χ3n) is 2.08. The molecule has 0 aliphatic carbocycles. The number of carbonyl (C=O) groups is 1. The van der Waals surface area contributed by atoms with Gasteiger partial charge in [-0.3, -0.25) is 4.90 Å². The lowest BCUT2D eigenvalue weighted by Gasteiger charge is -2.18. The molecule has 0 saturated heterocycles. The first kappa shape index (κ1) is 13.1. The largest absolute Gasteiger partial charge is 0.476 e. The van der Waals surface area contributed by atoms with Crippen LogP contribution >= 0.6 is 11.3 Å². The van der Waals surface area contributed by atoms with Gasteiger partial charge in [0, 0.05) is 18.5 Å². The molecule has 0 radical (unpaired) electrons. The van der Waals surface area contributed by atoms with Gasteiger partial charge in [-0.1, -0.05) is 6.92 Å². The average molecular weight is 244 g/mol. The van der Waals surface area contributed by atoms with E-state index in [9.17, 15) is 4.79 Å². The molecule has 1 rings (SSSR count). The molecular formula is C10H16N2O3S. The zero-order chi connectivity index (χ0) is 12.0. The van der Waals surface area contributed by atoms with Crippen molar-refractivity contribution in [3.8, 4) is 0 Å². The number of rotatable bonds is 7. The molecule has 0 bridgehead atoms. The van der Waals surface area contributed by atoms with Crippen molar-refractivity contribution in [1.82, 2.24) is 9.88 Å². The van der Waals surface area contributed by atoms with Crippen LogP contribution in [0.4, 0.5) is 0 Å². The molecule has 0 aliphatic rings. The van der Waals surface area contributed by atoms with Gasteiger partial charge in [0.05, 0.1) is 12.3 Å². The Balaban J connectivity index is 2.58. The molecule has 0 aromatic carbocycles. The number of aromatic nitrogens is 1. The topological polar surface area (TPSA) is 73.7 Å². The predicted octanol–water partition coefficient (Wildman–Crippen LogP) is 1.05. The van der Waals surface area contributed by atoms with Crippen LogP contribution in [0.1, 0.15) is 28.8 Å². The summed E-state index contributed by atoms with van der Waals surface area (Å²) < 4.78 is 0. The number of hydrogen-bond acceptors (Lipinski definition) is 5. The second-order valence-electron chi connectivity index (χ2n) is 3.45. The van der Waals surface area contributed by atoms with Crippen molar-refractivity contribution in [3.05, 3.63) is 16.1 Å². The molecule has 0 amide bonds. The summed E-state index contributed by atoms with van der Waals surface area (Å²) in [5, 5.41) is 19.5. The standard InChI is InChI=1S/C10H16N2O3S/c1-2-3-12(4-5-13)6-8-7-16-9(11-8)10(14)15/h7,13H,2-6H2,1H3,(H,14,15). The van der Waals surface area contributed by atoms with Gasteiger partial charge in [-0.05, 0) is 13.0 Å². The first-order valence-corrected chi connectivity index (χ1v) is 6.06. The first-order chi connectivity index (χ1) is 7.67. The molecule has 0 atom stereocenters. The van der Waals surface area contributed by atoms with E-state index in [0.717, 1.165) is 30.0 Å². The molecule has 0 spiro atoms. The highest BCUT2D eigenvalue weighted by Gasteiger charge is 2.11. The Morgan fingerprint density at radius 3 is 2.81 bits per heavy atom. The maximum atomic E-state index is 10.6. The molecule has 1 heterocycles. The van der Waals surface area contributed by atoms with Crippen LogP contribution in [0.3, 0.4) is 0 Å². The van der Waals surface area contributed by atoms with E-state index in [2.05, 4.69) is 16.8 Å². The molecule has 0 aliphatic heterocycles. The van der Waals surface area contributed by atoms with Crippen LogP contribution in [-0.2, 0) is 6.54 Å². The van der Waals surface area contributed by atoms with Crippen molar-refractivity contribution in [1.29, 1.82) is 0 Å². The highest BCUT2D eigenvalue weighted by atomic mass is 32.1. The fourth-order valence-electron chi connectivity index (χ4n) is 1.43. The molecule has 90 valence electrons. The van der Waals surface area contributed by atoms with E-state index in [1.165, 1.54) is 0 Å². The van der Waals surface area contributed by atoms with Crippen molar-refractivity contribution < 1.29 is 15.0 Å². The molecule has 2 N–H and O–H groups in total. The number of aliphatic hydroxyl groups is 1. The van der Waals surface area contributed by atoms with Gasteiger partial charge >= 0.3 is 5.97 Å². The second kappa shape index (κ2) is 6.57. The lowest BCUT2D eigenvalue weighted by Crippen LogP contribution is -2.27. The van der Waals surface area contributed by atoms with Crippen molar-refractivity contribution in [3.63, 3.8) is 0 Å². The van der Waals surface area contributed by atoms with Crippen LogP contribution in [0, 0.1) is 0 Å². The second-order valence-corrected chi connectivity index (χ2v) is 4.31. The Labute approximate surface area is 98.4 Å². The number of aromatic carboxylic acids is 1. The Hall–Kier alpha value is -0.980. The van der Waals surface area contributed by atoms with E-state index in [1.807, 2.05) is 0 Å². The summed E-state index contributed by atoms with van der Waals surface area (Å²) in [6, 6.07) is 0. The summed E-state index contributed by atoms with van der Waals surface area (Å²) >= 11 is 1.14. The van der Waals surface area contributed by atoms with Crippen molar-refractivity contribution in [2.24, 2.45) is 0 Å². The van der Waals surface area contributed by atoms with E-state index in [1.54, 1.807) is 5.38 Å². The van der Waals surface area contributed by atoms with E-state index in [4.69, 9.17) is 10.2 Å². The number of nitrogens with zero attached hydrogens (tertiary/aromatic N) is 2. The summed E-state index contributed by atoms with van der Waals surface area (Å²) in [4.78, 5) is 16.7.